The molecule has 0 spiro atoms. The first-order valence-corrected chi connectivity index (χ1v) is 5.60. The van der Waals surface area contributed by atoms with Crippen molar-refractivity contribution in [3.05, 3.63) is 23.8 Å². The molecule has 1 aliphatic heterocycles. The number of hydrogen-bond donors (Lipinski definition) is 2. The van der Waals surface area contributed by atoms with Crippen LogP contribution in [-0.2, 0) is 20.8 Å². The Bertz CT molecular complexity index is 555. The molecule has 7 nitrogen and oxygen atoms in total. The molecule has 2 rings (SSSR count). The number of fused-ring (bicyclic) bond motifs is 1. The maximum Gasteiger partial charge on any atom is 0.395 e. The van der Waals surface area contributed by atoms with Crippen LogP contribution in [0.4, 0.5) is 5.69 Å². The Kier molecular flexibility index (Phi) is 3.48. The van der Waals surface area contributed by atoms with Crippen molar-refractivity contribution in [2.24, 2.45) is 5.73 Å². The van der Waals surface area contributed by atoms with E-state index >= 15 is 0 Å². The summed E-state index contributed by atoms with van der Waals surface area (Å²) in [6.45, 7) is 0.0444. The number of nitrogens with zero attached hydrogens (tertiary/aromatic N) is 1. The first-order chi connectivity index (χ1) is 9.04. The zero-order valence-electron chi connectivity index (χ0n) is 9.96. The number of anilines is 1. The second kappa shape index (κ2) is 5.07. The number of amides is 2. The number of imide groups is 1. The number of carbonyl (C=O) groups excluding carboxylic acids is 2. The maximum atomic E-state index is 11.7. The highest BCUT2D eigenvalue weighted by atomic mass is 16.5. The van der Waals surface area contributed by atoms with Crippen molar-refractivity contribution in [2.75, 3.05) is 18.1 Å². The zero-order chi connectivity index (χ0) is 14.0. The van der Waals surface area contributed by atoms with Crippen molar-refractivity contribution >= 4 is 23.5 Å². The highest BCUT2D eigenvalue weighted by Gasteiger charge is 2.34. The summed E-state index contributed by atoms with van der Waals surface area (Å²) < 4.78 is 5.16. The van der Waals surface area contributed by atoms with Crippen LogP contribution in [-0.4, -0.2) is 36.0 Å². The van der Waals surface area contributed by atoms with Gasteiger partial charge in [0.05, 0.1) is 5.69 Å². The van der Waals surface area contributed by atoms with Crippen LogP contribution in [0.3, 0.4) is 0 Å². The molecule has 7 heteroatoms. The van der Waals surface area contributed by atoms with Crippen LogP contribution in [0.2, 0.25) is 0 Å². The van der Waals surface area contributed by atoms with Gasteiger partial charge in [-0.3, -0.25) is 9.59 Å². The summed E-state index contributed by atoms with van der Waals surface area (Å²) in [6, 6.07) is 4.89. The highest BCUT2D eigenvalue weighted by molar-refractivity contribution is 6.43. The lowest BCUT2D eigenvalue weighted by Crippen LogP contribution is -2.46. The molecule has 0 saturated carbocycles. The van der Waals surface area contributed by atoms with Crippen molar-refractivity contribution in [3.63, 3.8) is 0 Å². The van der Waals surface area contributed by atoms with Gasteiger partial charge in [-0.25, -0.2) is 9.69 Å². The second-order valence-corrected chi connectivity index (χ2v) is 3.97. The average molecular weight is 264 g/mol. The van der Waals surface area contributed by atoms with Gasteiger partial charge in [-0.15, -0.1) is 0 Å². The molecule has 0 atom stereocenters. The Balaban J connectivity index is 2.46. The molecule has 0 radical (unpaired) electrons. The lowest BCUT2D eigenvalue weighted by molar-refractivity contribution is -0.150. The number of rotatable bonds is 2. The average Bonchev–Trinajstić information content (AvgIpc) is 2.38. The number of hydrogen-bond acceptors (Lipinski definition) is 5. The summed E-state index contributed by atoms with van der Waals surface area (Å²) in [5.74, 6) is -3.38. The molecule has 0 fully saturated rings. The minimum atomic E-state index is -1.69. The normalized spacial score (nSPS) is 13.7. The molecule has 1 aromatic carbocycles. The number of aliphatic carboxylic acids is 1. The number of nitrogens with two attached hydrogens (primary N) is 1. The quantitative estimate of drug-likeness (QED) is 0.698. The van der Waals surface area contributed by atoms with E-state index in [1.165, 1.54) is 0 Å². The molecule has 0 bridgehead atoms. The van der Waals surface area contributed by atoms with Gasteiger partial charge in [0.1, 0.15) is 5.75 Å². The fourth-order valence-corrected chi connectivity index (χ4v) is 1.84. The number of benzene rings is 1. The van der Waals surface area contributed by atoms with Gasteiger partial charge in [0.15, 0.2) is 6.61 Å². The van der Waals surface area contributed by atoms with Gasteiger partial charge in [-0.05, 0) is 30.7 Å². The van der Waals surface area contributed by atoms with Crippen molar-refractivity contribution in [2.45, 2.75) is 6.42 Å². The first kappa shape index (κ1) is 13.0. The first-order valence-electron chi connectivity index (χ1n) is 5.60. The van der Waals surface area contributed by atoms with Crippen molar-refractivity contribution in [1.82, 2.24) is 0 Å². The van der Waals surface area contributed by atoms with E-state index in [1.54, 1.807) is 18.2 Å². The third-order valence-electron chi connectivity index (χ3n) is 2.68. The number of carboxylic acid groups (broad SMARTS) is 1. The minimum absolute atomic E-state index is 0.148. The lowest BCUT2D eigenvalue weighted by Gasteiger charge is -2.26. The zero-order valence-corrected chi connectivity index (χ0v) is 9.96. The maximum absolute atomic E-state index is 11.7. The molecule has 19 heavy (non-hydrogen) atoms. The molecule has 3 N–H and O–H groups in total. The Morgan fingerprint density at radius 2 is 2.16 bits per heavy atom. The van der Waals surface area contributed by atoms with Crippen LogP contribution in [0.25, 0.3) is 0 Å². The molecular weight excluding hydrogens is 252 g/mol. The van der Waals surface area contributed by atoms with Crippen molar-refractivity contribution in [1.29, 1.82) is 0 Å². The third-order valence-corrected chi connectivity index (χ3v) is 2.68. The van der Waals surface area contributed by atoms with Crippen LogP contribution in [0, 0.1) is 0 Å². The van der Waals surface area contributed by atoms with E-state index in [0.717, 1.165) is 5.56 Å². The Labute approximate surface area is 108 Å². The van der Waals surface area contributed by atoms with Crippen LogP contribution in [0.5, 0.6) is 5.75 Å². The van der Waals surface area contributed by atoms with E-state index in [2.05, 4.69) is 0 Å². The van der Waals surface area contributed by atoms with Gasteiger partial charge < -0.3 is 15.6 Å². The molecule has 100 valence electrons. The monoisotopic (exact) mass is 264 g/mol. The number of carboxylic acids is 1. The molecule has 0 aromatic heterocycles. The van der Waals surface area contributed by atoms with Gasteiger partial charge in [-0.2, -0.15) is 0 Å². The largest absolute Gasteiger partial charge is 0.482 e. The number of ether oxygens (including phenoxy) is 1. The fraction of sp³-hybridized carbons (Fsp3) is 0.250. The highest BCUT2D eigenvalue weighted by Crippen LogP contribution is 2.33. The molecule has 0 unspecified atom stereocenters. The number of carbonyl (C=O) groups is 3. The van der Waals surface area contributed by atoms with Crippen LogP contribution >= 0.6 is 0 Å². The van der Waals surface area contributed by atoms with E-state index in [1.807, 2.05) is 0 Å². The summed E-state index contributed by atoms with van der Waals surface area (Å²) in [5, 5.41) is 8.75. The van der Waals surface area contributed by atoms with Gasteiger partial charge >= 0.3 is 11.9 Å². The lowest BCUT2D eigenvalue weighted by atomic mass is 10.1. The molecular formula is C12H12N2O5. The smallest absolute Gasteiger partial charge is 0.395 e. The third kappa shape index (κ3) is 2.41. The van der Waals surface area contributed by atoms with E-state index in [0.29, 0.717) is 23.6 Å². The Morgan fingerprint density at radius 3 is 2.79 bits per heavy atom. The van der Waals surface area contributed by atoms with Crippen molar-refractivity contribution < 1.29 is 24.2 Å². The van der Waals surface area contributed by atoms with Gasteiger partial charge in [0.25, 0.3) is 5.91 Å². The summed E-state index contributed by atoms with van der Waals surface area (Å²) >= 11 is 0. The van der Waals surface area contributed by atoms with Crippen molar-refractivity contribution in [3.8, 4) is 5.75 Å². The molecule has 1 aromatic rings. The minimum Gasteiger partial charge on any atom is -0.482 e. The Hall–Kier alpha value is -2.41. The topological polar surface area (TPSA) is 110 Å². The van der Waals surface area contributed by atoms with E-state index < -0.39 is 17.8 Å². The summed E-state index contributed by atoms with van der Waals surface area (Å²) in [4.78, 5) is 34.6. The summed E-state index contributed by atoms with van der Waals surface area (Å²) in [7, 11) is 0. The molecule has 1 aliphatic rings. The molecule has 2 amide bonds. The molecule has 0 saturated heterocycles. The van der Waals surface area contributed by atoms with Gasteiger partial charge in [0, 0.05) is 0 Å². The van der Waals surface area contributed by atoms with Gasteiger partial charge in [-0.1, -0.05) is 6.07 Å². The predicted octanol–water partition coefficient (Wildman–Crippen LogP) is -0.476. The second-order valence-electron chi connectivity index (χ2n) is 3.97. The van der Waals surface area contributed by atoms with E-state index in [9.17, 15) is 14.4 Å². The Morgan fingerprint density at radius 1 is 1.42 bits per heavy atom. The van der Waals surface area contributed by atoms with Crippen LogP contribution in [0.1, 0.15) is 5.56 Å². The molecule has 0 aliphatic carbocycles. The standard InChI is InChI=1S/C12H12N2O5/c13-4-3-7-1-2-9-8(5-7)14(10(15)6-19-9)11(16)12(17)18/h1-2,5H,3-4,6,13H2,(H,17,18). The summed E-state index contributed by atoms with van der Waals surface area (Å²) in [5.41, 5.74) is 6.38. The van der Waals surface area contributed by atoms with Crippen LogP contribution < -0.4 is 15.4 Å². The fourth-order valence-electron chi connectivity index (χ4n) is 1.84. The van der Waals surface area contributed by atoms with E-state index in [4.69, 9.17) is 15.6 Å². The van der Waals surface area contributed by atoms with Gasteiger partial charge in [0.2, 0.25) is 0 Å². The van der Waals surface area contributed by atoms with Crippen LogP contribution in [0.15, 0.2) is 18.2 Å². The van der Waals surface area contributed by atoms with E-state index in [-0.39, 0.29) is 12.3 Å². The SMILES string of the molecule is NCCc1ccc2c(c1)N(C(=O)C(=O)O)C(=O)CO2. The predicted molar refractivity (Wildman–Crippen MR) is 64.8 cm³/mol. The summed E-state index contributed by atoms with van der Waals surface area (Å²) in [6.07, 6.45) is 0.552. The molecule has 1 heterocycles.